The van der Waals surface area contributed by atoms with E-state index in [1.807, 2.05) is 0 Å². The molecule has 0 N–H and O–H groups in total. The Bertz CT molecular complexity index is 414. The summed E-state index contributed by atoms with van der Waals surface area (Å²) in [7, 11) is 0. The molecule has 0 radical (unpaired) electrons. The van der Waals surface area contributed by atoms with E-state index in [9.17, 15) is 4.79 Å². The maximum absolute atomic E-state index is 11.7. The molecule has 1 aliphatic rings. The number of ether oxygens (including phenoxy) is 1. The minimum absolute atomic E-state index is 0.0233. The van der Waals surface area contributed by atoms with E-state index >= 15 is 0 Å². The average molecular weight is 391 g/mol. The fraction of sp³-hybridized carbons (Fsp3) is 0.885. The first kappa shape index (κ1) is 25.1. The second kappa shape index (κ2) is 19.4. The van der Waals surface area contributed by atoms with Gasteiger partial charge in [0.25, 0.3) is 0 Å². The van der Waals surface area contributed by atoms with Crippen LogP contribution in [0.4, 0.5) is 0 Å². The molecular weight excluding hydrogens is 344 g/mol. The number of rotatable bonds is 19. The van der Waals surface area contributed by atoms with Crippen molar-refractivity contribution >= 4 is 5.97 Å². The SMILES string of the molecule is CCCCCCCCCCCC#CCCCOC(=O)CCCCCCC1CC1. The molecule has 0 saturated heterocycles. The lowest BCUT2D eigenvalue weighted by Gasteiger charge is -2.03. The molecule has 0 amide bonds. The van der Waals surface area contributed by atoms with Crippen LogP contribution in [0, 0.1) is 17.8 Å². The molecule has 1 rings (SSSR count). The summed E-state index contributed by atoms with van der Waals surface area (Å²) in [6.07, 6.45) is 24.7. The number of unbranched alkanes of at least 4 members (excludes halogenated alkanes) is 13. The molecular formula is C26H46O2. The van der Waals surface area contributed by atoms with Crippen molar-refractivity contribution in [3.05, 3.63) is 0 Å². The minimum atomic E-state index is -0.0233. The largest absolute Gasteiger partial charge is 0.466 e. The average Bonchev–Trinajstić information content (AvgIpc) is 3.52. The maximum atomic E-state index is 11.7. The topological polar surface area (TPSA) is 26.3 Å². The first-order valence-electron chi connectivity index (χ1n) is 12.4. The predicted molar refractivity (Wildman–Crippen MR) is 120 cm³/mol. The van der Waals surface area contributed by atoms with Gasteiger partial charge in [-0.25, -0.2) is 0 Å². The van der Waals surface area contributed by atoms with Gasteiger partial charge in [0.05, 0.1) is 6.61 Å². The van der Waals surface area contributed by atoms with E-state index in [1.165, 1.54) is 96.3 Å². The zero-order chi connectivity index (χ0) is 20.1. The lowest BCUT2D eigenvalue weighted by molar-refractivity contribution is -0.143. The number of carbonyl (C=O) groups is 1. The summed E-state index contributed by atoms with van der Waals surface area (Å²) in [5.74, 6) is 7.51. The molecule has 0 aromatic carbocycles. The second-order valence-electron chi connectivity index (χ2n) is 8.65. The fourth-order valence-corrected chi connectivity index (χ4v) is 3.58. The van der Waals surface area contributed by atoms with Gasteiger partial charge in [-0.15, -0.1) is 11.8 Å². The van der Waals surface area contributed by atoms with Gasteiger partial charge in [-0.1, -0.05) is 96.8 Å². The third kappa shape index (κ3) is 18.4. The second-order valence-corrected chi connectivity index (χ2v) is 8.65. The van der Waals surface area contributed by atoms with Crippen LogP contribution in [0.2, 0.25) is 0 Å². The van der Waals surface area contributed by atoms with E-state index in [0.717, 1.165) is 31.6 Å². The summed E-state index contributed by atoms with van der Waals surface area (Å²) < 4.78 is 5.30. The Morgan fingerprint density at radius 1 is 0.750 bits per heavy atom. The van der Waals surface area contributed by atoms with Crippen LogP contribution in [-0.4, -0.2) is 12.6 Å². The van der Waals surface area contributed by atoms with E-state index in [-0.39, 0.29) is 5.97 Å². The highest BCUT2D eigenvalue weighted by Crippen LogP contribution is 2.34. The molecule has 0 heterocycles. The molecule has 0 spiro atoms. The van der Waals surface area contributed by atoms with Gasteiger partial charge in [-0.2, -0.15) is 0 Å². The molecule has 162 valence electrons. The zero-order valence-corrected chi connectivity index (χ0v) is 18.7. The molecule has 28 heavy (non-hydrogen) atoms. The summed E-state index contributed by atoms with van der Waals surface area (Å²) in [4.78, 5) is 11.7. The van der Waals surface area contributed by atoms with Crippen LogP contribution in [0.3, 0.4) is 0 Å². The monoisotopic (exact) mass is 390 g/mol. The van der Waals surface area contributed by atoms with Crippen molar-refractivity contribution in [1.82, 2.24) is 0 Å². The Labute approximate surface area is 175 Å². The lowest BCUT2D eigenvalue weighted by Crippen LogP contribution is -2.05. The Kier molecular flexibility index (Phi) is 17.3. The van der Waals surface area contributed by atoms with Crippen molar-refractivity contribution in [2.45, 2.75) is 135 Å². The number of hydrogen-bond acceptors (Lipinski definition) is 2. The molecule has 0 aliphatic heterocycles. The molecule has 1 fully saturated rings. The maximum Gasteiger partial charge on any atom is 0.305 e. The molecule has 0 bridgehead atoms. The van der Waals surface area contributed by atoms with Crippen molar-refractivity contribution in [1.29, 1.82) is 0 Å². The first-order valence-corrected chi connectivity index (χ1v) is 12.4. The summed E-state index contributed by atoms with van der Waals surface area (Å²) >= 11 is 0. The van der Waals surface area contributed by atoms with Gasteiger partial charge in [0.1, 0.15) is 0 Å². The standard InChI is InChI=1S/C26H46O2/c1-2-3-4-5-6-7-8-9-10-11-12-13-16-19-24-28-26(27)21-18-15-14-17-20-25-22-23-25/h25H,2-11,14-24H2,1H3. The summed E-state index contributed by atoms with van der Waals surface area (Å²) in [5.41, 5.74) is 0. The van der Waals surface area contributed by atoms with Crippen LogP contribution < -0.4 is 0 Å². The molecule has 1 aliphatic carbocycles. The van der Waals surface area contributed by atoms with Crippen LogP contribution in [0.25, 0.3) is 0 Å². The van der Waals surface area contributed by atoms with E-state index in [4.69, 9.17) is 4.74 Å². The van der Waals surface area contributed by atoms with Crippen molar-refractivity contribution < 1.29 is 9.53 Å². The third-order valence-electron chi connectivity index (χ3n) is 5.68. The minimum Gasteiger partial charge on any atom is -0.466 e. The van der Waals surface area contributed by atoms with Crippen LogP contribution in [0.15, 0.2) is 0 Å². The fourth-order valence-electron chi connectivity index (χ4n) is 3.58. The van der Waals surface area contributed by atoms with Gasteiger partial charge < -0.3 is 4.74 Å². The van der Waals surface area contributed by atoms with E-state index in [2.05, 4.69) is 18.8 Å². The Morgan fingerprint density at radius 3 is 2.00 bits per heavy atom. The summed E-state index contributed by atoms with van der Waals surface area (Å²) in [6.45, 7) is 2.81. The number of hydrogen-bond donors (Lipinski definition) is 0. The van der Waals surface area contributed by atoms with Crippen LogP contribution in [0.1, 0.15) is 135 Å². The third-order valence-corrected chi connectivity index (χ3v) is 5.68. The number of carbonyl (C=O) groups excluding carboxylic acids is 1. The highest BCUT2D eigenvalue weighted by molar-refractivity contribution is 5.69. The van der Waals surface area contributed by atoms with Gasteiger partial charge in [-0.3, -0.25) is 4.79 Å². The highest BCUT2D eigenvalue weighted by atomic mass is 16.5. The normalized spacial score (nSPS) is 13.2. The quantitative estimate of drug-likeness (QED) is 0.127. The van der Waals surface area contributed by atoms with Crippen molar-refractivity contribution in [2.24, 2.45) is 5.92 Å². The molecule has 0 aromatic rings. The van der Waals surface area contributed by atoms with E-state index in [0.29, 0.717) is 13.0 Å². The van der Waals surface area contributed by atoms with Crippen LogP contribution >= 0.6 is 0 Å². The Morgan fingerprint density at radius 2 is 1.32 bits per heavy atom. The van der Waals surface area contributed by atoms with E-state index < -0.39 is 0 Å². The summed E-state index contributed by atoms with van der Waals surface area (Å²) in [6, 6.07) is 0. The first-order chi connectivity index (χ1) is 13.8. The number of esters is 1. The Hall–Kier alpha value is -0.970. The molecule has 0 aromatic heterocycles. The van der Waals surface area contributed by atoms with Gasteiger partial charge in [-0.05, 0) is 25.2 Å². The molecule has 0 atom stereocenters. The lowest BCUT2D eigenvalue weighted by atomic mass is 10.1. The Balaban J connectivity index is 1.73. The van der Waals surface area contributed by atoms with Crippen LogP contribution in [0.5, 0.6) is 0 Å². The predicted octanol–water partition coefficient (Wildman–Crippen LogP) is 7.98. The van der Waals surface area contributed by atoms with Gasteiger partial charge in [0.2, 0.25) is 0 Å². The summed E-state index contributed by atoms with van der Waals surface area (Å²) in [5, 5.41) is 0. The highest BCUT2D eigenvalue weighted by Gasteiger charge is 2.19. The molecule has 1 saturated carbocycles. The van der Waals surface area contributed by atoms with E-state index in [1.54, 1.807) is 0 Å². The van der Waals surface area contributed by atoms with Crippen molar-refractivity contribution in [3.63, 3.8) is 0 Å². The molecule has 0 unspecified atom stereocenters. The van der Waals surface area contributed by atoms with Crippen LogP contribution in [-0.2, 0) is 9.53 Å². The molecule has 2 heteroatoms. The van der Waals surface area contributed by atoms with Crippen molar-refractivity contribution in [3.8, 4) is 11.8 Å². The zero-order valence-electron chi connectivity index (χ0n) is 18.7. The molecule has 2 nitrogen and oxygen atoms in total. The van der Waals surface area contributed by atoms with Gasteiger partial charge >= 0.3 is 5.97 Å². The van der Waals surface area contributed by atoms with Gasteiger partial charge in [0.15, 0.2) is 0 Å². The smallest absolute Gasteiger partial charge is 0.305 e. The van der Waals surface area contributed by atoms with Gasteiger partial charge in [0, 0.05) is 19.3 Å². The van der Waals surface area contributed by atoms with Crippen molar-refractivity contribution in [2.75, 3.05) is 6.61 Å².